The standard InChI is InChI=1S/C14H17Br2FO/c1-8-4-3-5-9(8)14(16)10-6-11(15)12(17)7-13(10)18-2/h6-9,14H,3-5H2,1-2H3. The molecule has 1 aliphatic rings. The lowest BCUT2D eigenvalue weighted by atomic mass is 9.90. The Hall–Kier alpha value is -0.0900. The van der Waals surface area contributed by atoms with Crippen molar-refractivity contribution in [1.82, 2.24) is 0 Å². The summed E-state index contributed by atoms with van der Waals surface area (Å²) in [6.07, 6.45) is 3.77. The van der Waals surface area contributed by atoms with Crippen molar-refractivity contribution in [2.24, 2.45) is 11.8 Å². The maximum atomic E-state index is 13.5. The van der Waals surface area contributed by atoms with Crippen LogP contribution in [0.25, 0.3) is 0 Å². The first-order valence-corrected chi connectivity index (χ1v) is 7.92. The summed E-state index contributed by atoms with van der Waals surface area (Å²) in [5.41, 5.74) is 1.03. The highest BCUT2D eigenvalue weighted by molar-refractivity contribution is 9.10. The minimum atomic E-state index is -0.283. The third-order valence-electron chi connectivity index (χ3n) is 3.87. The molecule has 1 saturated carbocycles. The average molecular weight is 380 g/mol. The number of hydrogen-bond acceptors (Lipinski definition) is 1. The van der Waals surface area contributed by atoms with Crippen LogP contribution in [0, 0.1) is 17.7 Å². The van der Waals surface area contributed by atoms with Gasteiger partial charge >= 0.3 is 0 Å². The van der Waals surface area contributed by atoms with Gasteiger partial charge in [0.25, 0.3) is 0 Å². The van der Waals surface area contributed by atoms with Crippen LogP contribution in [0.2, 0.25) is 0 Å². The van der Waals surface area contributed by atoms with Crippen molar-refractivity contribution >= 4 is 31.9 Å². The van der Waals surface area contributed by atoms with Crippen molar-refractivity contribution in [3.63, 3.8) is 0 Å². The van der Waals surface area contributed by atoms with Crippen LogP contribution in [0.4, 0.5) is 4.39 Å². The number of rotatable bonds is 3. The smallest absolute Gasteiger partial charge is 0.141 e. The van der Waals surface area contributed by atoms with Crippen molar-refractivity contribution < 1.29 is 9.13 Å². The third kappa shape index (κ3) is 2.74. The Morgan fingerprint density at radius 1 is 1.39 bits per heavy atom. The Kier molecular flexibility index (Phi) is 4.70. The van der Waals surface area contributed by atoms with E-state index in [2.05, 4.69) is 38.8 Å². The first kappa shape index (κ1) is 14.3. The predicted octanol–water partition coefficient (Wildman–Crippen LogP) is 5.47. The van der Waals surface area contributed by atoms with Gasteiger partial charge < -0.3 is 4.74 Å². The number of methoxy groups -OCH3 is 1. The molecule has 2 rings (SSSR count). The molecule has 18 heavy (non-hydrogen) atoms. The van der Waals surface area contributed by atoms with Gasteiger partial charge in [0.15, 0.2) is 0 Å². The van der Waals surface area contributed by atoms with E-state index < -0.39 is 0 Å². The zero-order valence-corrected chi connectivity index (χ0v) is 13.7. The second kappa shape index (κ2) is 5.91. The Morgan fingerprint density at radius 3 is 2.67 bits per heavy atom. The summed E-state index contributed by atoms with van der Waals surface area (Å²) < 4.78 is 19.3. The van der Waals surface area contributed by atoms with Gasteiger partial charge in [-0.05, 0) is 40.3 Å². The van der Waals surface area contributed by atoms with Crippen LogP contribution in [0.5, 0.6) is 5.75 Å². The highest BCUT2D eigenvalue weighted by atomic mass is 79.9. The molecule has 0 amide bonds. The number of benzene rings is 1. The molecule has 0 heterocycles. The molecule has 3 atom stereocenters. The lowest BCUT2D eigenvalue weighted by molar-refractivity contribution is 0.382. The van der Waals surface area contributed by atoms with Crippen LogP contribution in [0.3, 0.4) is 0 Å². The topological polar surface area (TPSA) is 9.23 Å². The van der Waals surface area contributed by atoms with Gasteiger partial charge in [0.1, 0.15) is 11.6 Å². The number of halogens is 3. The quantitative estimate of drug-likeness (QED) is 0.632. The number of hydrogen-bond donors (Lipinski definition) is 0. The van der Waals surface area contributed by atoms with E-state index in [1.807, 2.05) is 6.07 Å². The van der Waals surface area contributed by atoms with Crippen LogP contribution in [0.15, 0.2) is 16.6 Å². The number of alkyl halides is 1. The van der Waals surface area contributed by atoms with Gasteiger partial charge in [-0.2, -0.15) is 0 Å². The largest absolute Gasteiger partial charge is 0.496 e. The summed E-state index contributed by atoms with van der Waals surface area (Å²) in [7, 11) is 1.59. The van der Waals surface area contributed by atoms with Crippen LogP contribution in [0.1, 0.15) is 36.6 Å². The molecular weight excluding hydrogens is 363 g/mol. The Bertz CT molecular complexity index is 436. The Balaban J connectivity index is 2.34. The molecule has 1 fully saturated rings. The van der Waals surface area contributed by atoms with E-state index in [-0.39, 0.29) is 10.6 Å². The van der Waals surface area contributed by atoms with Gasteiger partial charge in [0.2, 0.25) is 0 Å². The lowest BCUT2D eigenvalue weighted by Gasteiger charge is -2.24. The Morgan fingerprint density at radius 2 is 2.11 bits per heavy atom. The molecule has 1 aromatic rings. The van der Waals surface area contributed by atoms with Crippen LogP contribution < -0.4 is 4.74 Å². The zero-order valence-electron chi connectivity index (χ0n) is 10.6. The second-order valence-corrected chi connectivity index (χ2v) is 6.82. The van der Waals surface area contributed by atoms with Gasteiger partial charge in [0.05, 0.1) is 11.6 Å². The van der Waals surface area contributed by atoms with E-state index in [0.29, 0.717) is 22.1 Å². The van der Waals surface area contributed by atoms with Gasteiger partial charge in [-0.25, -0.2) is 4.39 Å². The van der Waals surface area contributed by atoms with E-state index in [9.17, 15) is 4.39 Å². The van der Waals surface area contributed by atoms with E-state index >= 15 is 0 Å². The molecule has 0 aliphatic heterocycles. The fourth-order valence-corrected chi connectivity index (χ4v) is 4.28. The maximum Gasteiger partial charge on any atom is 0.141 e. The molecule has 0 saturated heterocycles. The monoisotopic (exact) mass is 378 g/mol. The summed E-state index contributed by atoms with van der Waals surface area (Å²) in [6.45, 7) is 2.29. The van der Waals surface area contributed by atoms with Crippen LogP contribution >= 0.6 is 31.9 Å². The number of ether oxygens (including phenoxy) is 1. The fourth-order valence-electron chi connectivity index (χ4n) is 2.78. The van der Waals surface area contributed by atoms with Crippen molar-refractivity contribution in [2.75, 3.05) is 7.11 Å². The van der Waals surface area contributed by atoms with Crippen molar-refractivity contribution in [3.05, 3.63) is 28.0 Å². The average Bonchev–Trinajstić information content (AvgIpc) is 2.77. The second-order valence-electron chi connectivity index (χ2n) is 4.98. The minimum Gasteiger partial charge on any atom is -0.496 e. The van der Waals surface area contributed by atoms with E-state index in [1.165, 1.54) is 25.3 Å². The maximum absolute atomic E-state index is 13.5. The van der Waals surface area contributed by atoms with Gasteiger partial charge in [-0.15, -0.1) is 0 Å². The molecule has 1 aromatic carbocycles. The van der Waals surface area contributed by atoms with Crippen LogP contribution in [-0.2, 0) is 0 Å². The molecule has 0 aromatic heterocycles. The molecule has 3 unspecified atom stereocenters. The van der Waals surface area contributed by atoms with Crippen molar-refractivity contribution in [1.29, 1.82) is 0 Å². The SMILES string of the molecule is COc1cc(F)c(Br)cc1C(Br)C1CCCC1C. The summed E-state index contributed by atoms with van der Waals surface area (Å²) in [5, 5.41) is 0. The zero-order chi connectivity index (χ0) is 13.3. The minimum absolute atomic E-state index is 0.224. The highest BCUT2D eigenvalue weighted by Gasteiger charge is 2.32. The molecule has 4 heteroatoms. The fraction of sp³-hybridized carbons (Fsp3) is 0.571. The predicted molar refractivity (Wildman–Crippen MR) is 78.8 cm³/mol. The van der Waals surface area contributed by atoms with E-state index in [0.717, 1.165) is 5.56 Å². The molecule has 1 nitrogen and oxygen atoms in total. The highest BCUT2D eigenvalue weighted by Crippen LogP contribution is 2.47. The first-order valence-electron chi connectivity index (χ1n) is 6.21. The van der Waals surface area contributed by atoms with Gasteiger partial charge in [-0.1, -0.05) is 35.7 Å². The lowest BCUT2D eigenvalue weighted by Crippen LogP contribution is -2.11. The molecule has 0 N–H and O–H groups in total. The normalized spacial score (nSPS) is 25.2. The Labute approximate surface area is 124 Å². The molecule has 1 aliphatic carbocycles. The van der Waals surface area contributed by atoms with E-state index in [1.54, 1.807) is 7.11 Å². The summed E-state index contributed by atoms with van der Waals surface area (Å²) in [4.78, 5) is 0.224. The third-order valence-corrected chi connectivity index (χ3v) is 5.65. The van der Waals surface area contributed by atoms with E-state index in [4.69, 9.17) is 4.74 Å². The van der Waals surface area contributed by atoms with Gasteiger partial charge in [0, 0.05) is 16.5 Å². The van der Waals surface area contributed by atoms with Crippen molar-refractivity contribution in [2.45, 2.75) is 31.0 Å². The van der Waals surface area contributed by atoms with Gasteiger partial charge in [-0.3, -0.25) is 0 Å². The molecule has 100 valence electrons. The van der Waals surface area contributed by atoms with Crippen LogP contribution in [-0.4, -0.2) is 7.11 Å². The molecule has 0 bridgehead atoms. The summed E-state index contributed by atoms with van der Waals surface area (Å²) in [6, 6.07) is 3.28. The first-order chi connectivity index (χ1) is 8.54. The molecular formula is C14H17Br2FO. The summed E-state index contributed by atoms with van der Waals surface area (Å²) >= 11 is 7.03. The summed E-state index contributed by atoms with van der Waals surface area (Å²) in [5.74, 6) is 1.63. The molecule has 0 radical (unpaired) electrons. The van der Waals surface area contributed by atoms with Crippen molar-refractivity contribution in [3.8, 4) is 5.75 Å². The molecule has 0 spiro atoms.